The van der Waals surface area contributed by atoms with Crippen molar-refractivity contribution in [2.45, 2.75) is 33.5 Å². The van der Waals surface area contributed by atoms with Gasteiger partial charge in [0.15, 0.2) is 0 Å². The van der Waals surface area contributed by atoms with Crippen molar-refractivity contribution in [3.05, 3.63) is 69.8 Å². The minimum Gasteiger partial charge on any atom is -0.467 e. The quantitative estimate of drug-likeness (QED) is 0.475. The summed E-state index contributed by atoms with van der Waals surface area (Å²) in [6, 6.07) is 7.04. The van der Waals surface area contributed by atoms with E-state index in [2.05, 4.69) is 5.10 Å². The fraction of sp³-hybridized carbons (Fsp3) is 0.294. The van der Waals surface area contributed by atoms with Crippen molar-refractivity contribution >= 4 is 11.6 Å². The Morgan fingerprint density at radius 1 is 1.19 bits per heavy atom. The molecule has 9 heteroatoms. The summed E-state index contributed by atoms with van der Waals surface area (Å²) in [5, 5.41) is 15.3. The number of carbonyl (C=O) groups excluding carboxylic acids is 1. The van der Waals surface area contributed by atoms with Crippen molar-refractivity contribution in [3.63, 3.8) is 0 Å². The molecule has 0 saturated heterocycles. The van der Waals surface area contributed by atoms with E-state index in [0.717, 1.165) is 0 Å². The SMILES string of the molecule is Cc1nn(CC(=O)N(Cc2ccco2)Cc2ccco2)c(C)c1[N+](=O)[O-]. The van der Waals surface area contributed by atoms with Gasteiger partial charge in [-0.1, -0.05) is 0 Å². The number of aromatic nitrogens is 2. The second kappa shape index (κ2) is 7.26. The van der Waals surface area contributed by atoms with Crippen molar-refractivity contribution < 1.29 is 18.6 Å². The maximum atomic E-state index is 12.8. The topological polar surface area (TPSA) is 108 Å². The average molecular weight is 358 g/mol. The van der Waals surface area contributed by atoms with Crippen molar-refractivity contribution in [1.29, 1.82) is 0 Å². The molecule has 3 aromatic heterocycles. The molecule has 0 radical (unpaired) electrons. The van der Waals surface area contributed by atoms with Gasteiger partial charge in [-0.15, -0.1) is 0 Å². The first-order valence-electron chi connectivity index (χ1n) is 7.96. The van der Waals surface area contributed by atoms with Crippen LogP contribution in [0.4, 0.5) is 5.69 Å². The fourth-order valence-corrected chi connectivity index (χ4v) is 2.75. The van der Waals surface area contributed by atoms with E-state index in [0.29, 0.717) is 17.2 Å². The molecule has 3 aromatic rings. The van der Waals surface area contributed by atoms with Crippen LogP contribution >= 0.6 is 0 Å². The first kappa shape index (κ1) is 17.5. The lowest BCUT2D eigenvalue weighted by atomic mass is 10.3. The Labute approximate surface area is 149 Å². The summed E-state index contributed by atoms with van der Waals surface area (Å²) in [7, 11) is 0. The van der Waals surface area contributed by atoms with Gasteiger partial charge in [0, 0.05) is 0 Å². The Balaban J connectivity index is 1.81. The Kier molecular flexibility index (Phi) is 4.87. The largest absolute Gasteiger partial charge is 0.467 e. The molecular weight excluding hydrogens is 340 g/mol. The lowest BCUT2D eigenvalue weighted by molar-refractivity contribution is -0.386. The first-order chi connectivity index (χ1) is 12.5. The Hall–Kier alpha value is -3.36. The van der Waals surface area contributed by atoms with Gasteiger partial charge in [-0.2, -0.15) is 5.10 Å². The van der Waals surface area contributed by atoms with E-state index in [1.165, 1.54) is 17.2 Å². The molecule has 136 valence electrons. The van der Waals surface area contributed by atoms with Crippen LogP contribution in [-0.4, -0.2) is 25.5 Å². The van der Waals surface area contributed by atoms with Crippen molar-refractivity contribution in [3.8, 4) is 0 Å². The van der Waals surface area contributed by atoms with Crippen LogP contribution < -0.4 is 0 Å². The molecule has 0 aliphatic heterocycles. The molecule has 0 aliphatic carbocycles. The van der Waals surface area contributed by atoms with Gasteiger partial charge in [0.1, 0.15) is 29.5 Å². The van der Waals surface area contributed by atoms with Gasteiger partial charge in [-0.3, -0.25) is 19.6 Å². The average Bonchev–Trinajstić information content (AvgIpc) is 3.30. The second-order valence-electron chi connectivity index (χ2n) is 5.84. The molecule has 0 bridgehead atoms. The zero-order chi connectivity index (χ0) is 18.7. The Morgan fingerprint density at radius 3 is 2.19 bits per heavy atom. The molecule has 0 saturated carbocycles. The standard InChI is InChI=1S/C17H18N4O5/c1-12-17(21(23)24)13(2)20(18-12)11-16(22)19(9-14-5-3-7-25-14)10-15-6-4-8-26-15/h3-8H,9-11H2,1-2H3. The zero-order valence-corrected chi connectivity index (χ0v) is 14.4. The van der Waals surface area contributed by atoms with Crippen LogP contribution in [-0.2, 0) is 24.4 Å². The molecule has 0 aromatic carbocycles. The second-order valence-corrected chi connectivity index (χ2v) is 5.84. The molecule has 0 atom stereocenters. The molecule has 0 N–H and O–H groups in total. The van der Waals surface area contributed by atoms with Crippen molar-refractivity contribution in [1.82, 2.24) is 14.7 Å². The molecule has 9 nitrogen and oxygen atoms in total. The number of nitro groups is 1. The highest BCUT2D eigenvalue weighted by molar-refractivity contribution is 5.76. The van der Waals surface area contributed by atoms with E-state index in [9.17, 15) is 14.9 Å². The number of furan rings is 2. The van der Waals surface area contributed by atoms with Gasteiger partial charge in [-0.05, 0) is 38.1 Å². The summed E-state index contributed by atoms with van der Waals surface area (Å²) in [4.78, 5) is 25.0. The van der Waals surface area contributed by atoms with Crippen molar-refractivity contribution in [2.75, 3.05) is 0 Å². The molecule has 1 amide bonds. The van der Waals surface area contributed by atoms with Gasteiger partial charge in [-0.25, -0.2) is 0 Å². The minimum absolute atomic E-state index is 0.0681. The summed E-state index contributed by atoms with van der Waals surface area (Å²) >= 11 is 0. The van der Waals surface area contributed by atoms with Gasteiger partial charge in [0.05, 0.1) is 30.5 Å². The number of hydrogen-bond donors (Lipinski definition) is 0. The summed E-state index contributed by atoms with van der Waals surface area (Å²) in [5.41, 5.74) is 0.558. The molecular formula is C17H18N4O5. The van der Waals surface area contributed by atoms with E-state index < -0.39 is 4.92 Å². The number of amides is 1. The highest BCUT2D eigenvalue weighted by Gasteiger charge is 2.25. The van der Waals surface area contributed by atoms with Crippen LogP contribution in [0.2, 0.25) is 0 Å². The van der Waals surface area contributed by atoms with Crippen LogP contribution in [0.1, 0.15) is 22.9 Å². The first-order valence-corrected chi connectivity index (χ1v) is 7.96. The summed E-state index contributed by atoms with van der Waals surface area (Å²) in [6.45, 7) is 3.54. The van der Waals surface area contributed by atoms with Gasteiger partial charge < -0.3 is 13.7 Å². The number of carbonyl (C=O) groups is 1. The lowest BCUT2D eigenvalue weighted by Crippen LogP contribution is -2.33. The zero-order valence-electron chi connectivity index (χ0n) is 14.4. The number of hydrogen-bond acceptors (Lipinski definition) is 6. The predicted octanol–water partition coefficient (Wildman–Crippen LogP) is 2.82. The summed E-state index contributed by atoms with van der Waals surface area (Å²) < 4.78 is 12.0. The molecule has 0 unspecified atom stereocenters. The molecule has 3 heterocycles. The third kappa shape index (κ3) is 3.66. The Bertz CT molecular complexity index is 860. The highest BCUT2D eigenvalue weighted by Crippen LogP contribution is 2.22. The van der Waals surface area contributed by atoms with E-state index in [4.69, 9.17) is 8.83 Å². The summed E-state index contributed by atoms with van der Waals surface area (Å²) in [5.74, 6) is 1.01. The van der Waals surface area contributed by atoms with E-state index in [-0.39, 0.29) is 36.9 Å². The monoisotopic (exact) mass is 358 g/mol. The maximum absolute atomic E-state index is 12.8. The van der Waals surface area contributed by atoms with E-state index in [1.807, 2.05) is 0 Å². The highest BCUT2D eigenvalue weighted by atomic mass is 16.6. The van der Waals surface area contributed by atoms with Gasteiger partial charge >= 0.3 is 5.69 Å². The third-order valence-electron chi connectivity index (χ3n) is 4.02. The van der Waals surface area contributed by atoms with Crippen LogP contribution in [0.15, 0.2) is 45.6 Å². The molecule has 0 aliphatic rings. The van der Waals surface area contributed by atoms with Crippen LogP contribution in [0.3, 0.4) is 0 Å². The number of aryl methyl sites for hydroxylation is 1. The Morgan fingerprint density at radius 2 is 1.77 bits per heavy atom. The predicted molar refractivity (Wildman–Crippen MR) is 90.0 cm³/mol. The van der Waals surface area contributed by atoms with E-state index in [1.54, 1.807) is 43.0 Å². The molecule has 0 fully saturated rings. The summed E-state index contributed by atoms with van der Waals surface area (Å²) in [6.07, 6.45) is 3.07. The minimum atomic E-state index is -0.484. The lowest BCUT2D eigenvalue weighted by Gasteiger charge is -2.21. The molecule has 3 rings (SSSR count). The third-order valence-corrected chi connectivity index (χ3v) is 4.02. The number of rotatable bonds is 7. The van der Waals surface area contributed by atoms with Crippen LogP contribution in [0.5, 0.6) is 0 Å². The maximum Gasteiger partial charge on any atom is 0.312 e. The van der Waals surface area contributed by atoms with E-state index >= 15 is 0 Å². The number of nitrogens with zero attached hydrogens (tertiary/aromatic N) is 4. The molecule has 26 heavy (non-hydrogen) atoms. The normalized spacial score (nSPS) is 10.8. The molecule has 0 spiro atoms. The smallest absolute Gasteiger partial charge is 0.312 e. The fourth-order valence-electron chi connectivity index (χ4n) is 2.75. The van der Waals surface area contributed by atoms with Crippen LogP contribution in [0, 0.1) is 24.0 Å². The van der Waals surface area contributed by atoms with Gasteiger partial charge in [0.2, 0.25) is 5.91 Å². The van der Waals surface area contributed by atoms with Crippen molar-refractivity contribution in [2.24, 2.45) is 0 Å². The van der Waals surface area contributed by atoms with Gasteiger partial charge in [0.25, 0.3) is 0 Å². The van der Waals surface area contributed by atoms with Crippen LogP contribution in [0.25, 0.3) is 0 Å².